The molecular formula is C40H25NOS. The van der Waals surface area contributed by atoms with Gasteiger partial charge in [-0.25, -0.2) is 0 Å². The lowest BCUT2D eigenvalue weighted by Crippen LogP contribution is -2.11. The fourth-order valence-corrected chi connectivity index (χ4v) is 7.56. The minimum absolute atomic E-state index is 0.894. The zero-order chi connectivity index (χ0) is 28.3. The van der Waals surface area contributed by atoms with Crippen molar-refractivity contribution in [2.45, 2.75) is 0 Å². The number of rotatable bonds is 4. The molecule has 0 saturated heterocycles. The molecule has 0 saturated carbocycles. The first-order valence-corrected chi connectivity index (χ1v) is 15.3. The first-order chi connectivity index (χ1) is 21.3. The maximum Gasteiger partial charge on any atom is 0.135 e. The lowest BCUT2D eigenvalue weighted by Gasteiger charge is -2.29. The maximum absolute atomic E-state index is 6.21. The Hall–Kier alpha value is -5.38. The van der Waals surface area contributed by atoms with Crippen molar-refractivity contribution in [3.05, 3.63) is 152 Å². The van der Waals surface area contributed by atoms with Gasteiger partial charge in [-0.05, 0) is 65.5 Å². The van der Waals surface area contributed by atoms with E-state index in [1.807, 2.05) is 23.5 Å². The lowest BCUT2D eigenvalue weighted by atomic mass is 9.98. The summed E-state index contributed by atoms with van der Waals surface area (Å²) in [6, 6.07) is 54.4. The number of benzene rings is 7. The molecule has 0 amide bonds. The quantitative estimate of drug-likeness (QED) is 0.210. The number of thiophene rings is 1. The van der Waals surface area contributed by atoms with Gasteiger partial charge in [0.1, 0.15) is 11.2 Å². The third-order valence-electron chi connectivity index (χ3n) is 8.46. The molecule has 0 unspecified atom stereocenters. The van der Waals surface area contributed by atoms with E-state index in [2.05, 4.69) is 144 Å². The summed E-state index contributed by atoms with van der Waals surface area (Å²) in [5.41, 5.74) is 7.54. The smallest absolute Gasteiger partial charge is 0.135 e. The lowest BCUT2D eigenvalue weighted by molar-refractivity contribution is 0.669. The van der Waals surface area contributed by atoms with Crippen LogP contribution >= 0.6 is 11.3 Å². The second-order valence-electron chi connectivity index (χ2n) is 10.9. The zero-order valence-electron chi connectivity index (χ0n) is 23.2. The van der Waals surface area contributed by atoms with E-state index in [9.17, 15) is 0 Å². The van der Waals surface area contributed by atoms with Gasteiger partial charge in [0.25, 0.3) is 0 Å². The van der Waals surface area contributed by atoms with Crippen LogP contribution in [0.25, 0.3) is 64.0 Å². The van der Waals surface area contributed by atoms with Crippen molar-refractivity contribution in [3.63, 3.8) is 0 Å². The van der Waals surface area contributed by atoms with Crippen LogP contribution in [0.5, 0.6) is 0 Å². The largest absolute Gasteiger partial charge is 0.456 e. The SMILES string of the molecule is c1ccc(N(c2ccc3oc4ccccc4c3c2)c2cccc3ccccc23)c(-c2ccc3sc4ccccc4c3c2)c1. The van der Waals surface area contributed by atoms with Gasteiger partial charge in [-0.3, -0.25) is 0 Å². The van der Waals surface area contributed by atoms with Gasteiger partial charge >= 0.3 is 0 Å². The van der Waals surface area contributed by atoms with Crippen LogP contribution in [0.2, 0.25) is 0 Å². The van der Waals surface area contributed by atoms with Gasteiger partial charge in [0.2, 0.25) is 0 Å². The average molecular weight is 568 g/mol. The van der Waals surface area contributed by atoms with Crippen molar-refractivity contribution in [3.8, 4) is 11.1 Å². The zero-order valence-corrected chi connectivity index (χ0v) is 24.0. The molecule has 2 nitrogen and oxygen atoms in total. The maximum atomic E-state index is 6.21. The standard InChI is InChI=1S/C40H25NOS/c1-2-12-29-26(10-1)11-9-17-36(29)41(28-21-22-38-33(25-28)31-14-4-7-18-37(31)42-38)35-16-6-3-13-30(35)27-20-23-40-34(24-27)32-15-5-8-19-39(32)43-40/h1-25H. The Labute approximate surface area is 252 Å². The topological polar surface area (TPSA) is 16.4 Å². The van der Waals surface area contributed by atoms with Gasteiger partial charge in [0.15, 0.2) is 0 Å². The Bertz CT molecular complexity index is 2480. The van der Waals surface area contributed by atoms with E-state index >= 15 is 0 Å². The molecule has 0 aliphatic rings. The van der Waals surface area contributed by atoms with Gasteiger partial charge in [0, 0.05) is 47.6 Å². The summed E-state index contributed by atoms with van der Waals surface area (Å²) in [5, 5.41) is 7.27. The van der Waals surface area contributed by atoms with E-state index < -0.39 is 0 Å². The van der Waals surface area contributed by atoms with Crippen LogP contribution in [0.1, 0.15) is 0 Å². The second-order valence-corrected chi connectivity index (χ2v) is 12.0. The van der Waals surface area contributed by atoms with Crippen molar-refractivity contribution in [1.29, 1.82) is 0 Å². The number of nitrogens with zero attached hydrogens (tertiary/aromatic N) is 1. The number of para-hydroxylation sites is 2. The van der Waals surface area contributed by atoms with Crippen molar-refractivity contribution in [2.24, 2.45) is 0 Å². The molecule has 9 aromatic rings. The number of hydrogen-bond acceptors (Lipinski definition) is 3. The molecule has 0 N–H and O–H groups in total. The van der Waals surface area contributed by atoms with Crippen LogP contribution in [-0.4, -0.2) is 0 Å². The molecule has 43 heavy (non-hydrogen) atoms. The van der Waals surface area contributed by atoms with Crippen LogP contribution in [0.15, 0.2) is 156 Å². The summed E-state index contributed by atoms with van der Waals surface area (Å²) in [6.45, 7) is 0. The highest BCUT2D eigenvalue weighted by atomic mass is 32.1. The normalized spacial score (nSPS) is 11.7. The molecule has 0 bridgehead atoms. The summed E-state index contributed by atoms with van der Waals surface area (Å²) in [7, 11) is 0. The second kappa shape index (κ2) is 9.59. The number of hydrogen-bond donors (Lipinski definition) is 0. The monoisotopic (exact) mass is 567 g/mol. The molecule has 0 radical (unpaired) electrons. The van der Waals surface area contributed by atoms with Crippen LogP contribution < -0.4 is 4.90 Å². The van der Waals surface area contributed by atoms with E-state index in [0.717, 1.165) is 39.0 Å². The van der Waals surface area contributed by atoms with Crippen molar-refractivity contribution in [2.75, 3.05) is 4.90 Å². The first-order valence-electron chi connectivity index (χ1n) is 14.5. The molecule has 2 aromatic heterocycles. The molecule has 9 rings (SSSR count). The fourth-order valence-electron chi connectivity index (χ4n) is 6.47. The van der Waals surface area contributed by atoms with Gasteiger partial charge in [0.05, 0.1) is 11.4 Å². The molecule has 0 spiro atoms. The predicted molar refractivity (Wildman–Crippen MR) is 184 cm³/mol. The summed E-state index contributed by atoms with van der Waals surface area (Å²) < 4.78 is 8.84. The molecule has 3 heteroatoms. The Kier molecular flexibility index (Phi) is 5.40. The van der Waals surface area contributed by atoms with Crippen LogP contribution in [-0.2, 0) is 0 Å². The predicted octanol–water partition coefficient (Wildman–Crippen LogP) is 12.2. The first kappa shape index (κ1) is 24.2. The van der Waals surface area contributed by atoms with Crippen molar-refractivity contribution < 1.29 is 4.42 Å². The van der Waals surface area contributed by atoms with E-state index in [4.69, 9.17) is 4.42 Å². The Morgan fingerprint density at radius 1 is 0.442 bits per heavy atom. The average Bonchev–Trinajstić information content (AvgIpc) is 3.63. The third-order valence-corrected chi connectivity index (χ3v) is 9.61. The molecule has 202 valence electrons. The molecule has 2 heterocycles. The highest BCUT2D eigenvalue weighted by Crippen LogP contribution is 2.46. The number of furan rings is 1. The van der Waals surface area contributed by atoms with Crippen LogP contribution in [0.4, 0.5) is 17.1 Å². The highest BCUT2D eigenvalue weighted by Gasteiger charge is 2.21. The van der Waals surface area contributed by atoms with E-state index in [0.29, 0.717) is 0 Å². The van der Waals surface area contributed by atoms with E-state index in [1.165, 1.54) is 42.1 Å². The summed E-state index contributed by atoms with van der Waals surface area (Å²) >= 11 is 1.85. The number of fused-ring (bicyclic) bond motifs is 7. The molecule has 7 aromatic carbocycles. The molecular weight excluding hydrogens is 543 g/mol. The van der Waals surface area contributed by atoms with Gasteiger partial charge in [-0.15, -0.1) is 11.3 Å². The van der Waals surface area contributed by atoms with Crippen molar-refractivity contribution in [1.82, 2.24) is 0 Å². The Morgan fingerprint density at radius 3 is 2.09 bits per heavy atom. The highest BCUT2D eigenvalue weighted by molar-refractivity contribution is 7.25. The van der Waals surface area contributed by atoms with Crippen LogP contribution in [0, 0.1) is 0 Å². The fraction of sp³-hybridized carbons (Fsp3) is 0. The van der Waals surface area contributed by atoms with Crippen LogP contribution in [0.3, 0.4) is 0 Å². The summed E-state index contributed by atoms with van der Waals surface area (Å²) in [4.78, 5) is 2.41. The Balaban J connectivity index is 1.32. The van der Waals surface area contributed by atoms with Gasteiger partial charge in [-0.1, -0.05) is 97.1 Å². The van der Waals surface area contributed by atoms with Gasteiger partial charge in [-0.2, -0.15) is 0 Å². The summed E-state index contributed by atoms with van der Waals surface area (Å²) in [5.74, 6) is 0. The number of anilines is 3. The minimum atomic E-state index is 0.894. The van der Waals surface area contributed by atoms with E-state index in [-0.39, 0.29) is 0 Å². The molecule has 0 atom stereocenters. The van der Waals surface area contributed by atoms with Gasteiger partial charge < -0.3 is 9.32 Å². The van der Waals surface area contributed by atoms with E-state index in [1.54, 1.807) is 0 Å². The molecule has 0 aliphatic heterocycles. The Morgan fingerprint density at radius 2 is 1.14 bits per heavy atom. The third kappa shape index (κ3) is 3.86. The minimum Gasteiger partial charge on any atom is -0.456 e. The summed E-state index contributed by atoms with van der Waals surface area (Å²) in [6.07, 6.45) is 0. The molecule has 0 aliphatic carbocycles. The molecule has 0 fully saturated rings. The van der Waals surface area contributed by atoms with Crippen molar-refractivity contribution >= 4 is 81.3 Å².